The number of para-hydroxylation sites is 2. The van der Waals surface area contributed by atoms with Gasteiger partial charge in [-0.3, -0.25) is 14.5 Å². The normalized spacial score (nSPS) is 18.2. The highest BCUT2D eigenvalue weighted by Crippen LogP contribution is 2.42. The van der Waals surface area contributed by atoms with Gasteiger partial charge in [0, 0.05) is 23.8 Å². The molecule has 5 nitrogen and oxygen atoms in total. The molecule has 4 rings (SSSR count). The Bertz CT molecular complexity index is 998. The van der Waals surface area contributed by atoms with Gasteiger partial charge in [0.15, 0.2) is 5.76 Å². The smallest absolute Gasteiger partial charge is 0.294 e. The summed E-state index contributed by atoms with van der Waals surface area (Å²) in [4.78, 5) is 29.7. The summed E-state index contributed by atoms with van der Waals surface area (Å²) >= 11 is 0. The van der Waals surface area contributed by atoms with Gasteiger partial charge < -0.3 is 9.32 Å². The van der Waals surface area contributed by atoms with Crippen molar-refractivity contribution in [2.24, 2.45) is 0 Å². The van der Waals surface area contributed by atoms with Gasteiger partial charge >= 0.3 is 0 Å². The van der Waals surface area contributed by atoms with Crippen LogP contribution in [-0.2, 0) is 4.79 Å². The van der Waals surface area contributed by atoms with E-state index in [-0.39, 0.29) is 23.9 Å². The number of anilines is 2. The van der Waals surface area contributed by atoms with Crippen molar-refractivity contribution >= 4 is 23.2 Å². The second kappa shape index (κ2) is 7.95. The summed E-state index contributed by atoms with van der Waals surface area (Å²) < 4.78 is 5.42. The third-order valence-corrected chi connectivity index (χ3v) is 5.43. The van der Waals surface area contributed by atoms with Crippen molar-refractivity contribution in [2.75, 3.05) is 9.80 Å². The number of hydrogen-bond acceptors (Lipinski definition) is 3. The van der Waals surface area contributed by atoms with Crippen molar-refractivity contribution in [3.8, 4) is 0 Å². The van der Waals surface area contributed by atoms with Crippen LogP contribution in [-0.4, -0.2) is 17.9 Å². The van der Waals surface area contributed by atoms with Crippen LogP contribution in [0, 0.1) is 0 Å². The standard InChI is InChI=1S/C24H24N2O3/c1-3-23(27)25-17(2)16-21(19-12-7-8-13-20(19)25)26(18-10-5-4-6-11-18)24(28)22-14-9-15-29-22/h4-15,17,21H,3,16H2,1-2H3/t17-,21+/m0/s1. The molecule has 0 aliphatic carbocycles. The third-order valence-electron chi connectivity index (χ3n) is 5.43. The predicted octanol–water partition coefficient (Wildman–Crippen LogP) is 5.20. The Morgan fingerprint density at radius 2 is 1.76 bits per heavy atom. The fourth-order valence-electron chi connectivity index (χ4n) is 4.12. The van der Waals surface area contributed by atoms with E-state index < -0.39 is 0 Å². The lowest BCUT2D eigenvalue weighted by atomic mass is 9.89. The summed E-state index contributed by atoms with van der Waals surface area (Å²) in [6, 6.07) is 20.7. The third kappa shape index (κ3) is 3.44. The SMILES string of the molecule is CCC(=O)N1c2ccccc2[C@H](N(C(=O)c2ccco2)c2ccccc2)C[C@@H]1C. The van der Waals surface area contributed by atoms with Gasteiger partial charge in [0.1, 0.15) is 0 Å². The van der Waals surface area contributed by atoms with Crippen molar-refractivity contribution in [3.63, 3.8) is 0 Å². The van der Waals surface area contributed by atoms with Gasteiger partial charge in [-0.2, -0.15) is 0 Å². The van der Waals surface area contributed by atoms with E-state index in [0.29, 0.717) is 18.6 Å². The van der Waals surface area contributed by atoms with Crippen LogP contribution in [0.4, 0.5) is 11.4 Å². The molecule has 148 valence electrons. The predicted molar refractivity (Wildman–Crippen MR) is 113 cm³/mol. The molecule has 0 saturated carbocycles. The number of fused-ring (bicyclic) bond motifs is 1. The van der Waals surface area contributed by atoms with Gasteiger partial charge in [0.05, 0.1) is 12.3 Å². The van der Waals surface area contributed by atoms with Gasteiger partial charge in [-0.05, 0) is 49.2 Å². The van der Waals surface area contributed by atoms with Gasteiger partial charge in [0.25, 0.3) is 5.91 Å². The molecule has 2 atom stereocenters. The maximum absolute atomic E-state index is 13.4. The fraction of sp³-hybridized carbons (Fsp3) is 0.250. The minimum Gasteiger partial charge on any atom is -0.459 e. The van der Waals surface area contributed by atoms with Crippen LogP contribution < -0.4 is 9.80 Å². The van der Waals surface area contributed by atoms with Crippen LogP contribution in [0.5, 0.6) is 0 Å². The molecule has 0 bridgehead atoms. The summed E-state index contributed by atoms with van der Waals surface area (Å²) in [6.45, 7) is 3.91. The van der Waals surface area contributed by atoms with E-state index in [1.807, 2.05) is 73.3 Å². The molecule has 1 aliphatic rings. The van der Waals surface area contributed by atoms with E-state index in [0.717, 1.165) is 16.9 Å². The number of rotatable bonds is 4. The van der Waals surface area contributed by atoms with Crippen molar-refractivity contribution < 1.29 is 14.0 Å². The van der Waals surface area contributed by atoms with Crippen LogP contribution >= 0.6 is 0 Å². The summed E-state index contributed by atoms with van der Waals surface area (Å²) in [5.74, 6) is 0.196. The average Bonchev–Trinajstić information content (AvgIpc) is 3.29. The molecule has 0 fully saturated rings. The molecule has 1 aromatic heterocycles. The number of nitrogens with zero attached hydrogens (tertiary/aromatic N) is 2. The zero-order chi connectivity index (χ0) is 20.4. The Morgan fingerprint density at radius 3 is 2.45 bits per heavy atom. The molecular weight excluding hydrogens is 364 g/mol. The van der Waals surface area contributed by atoms with Crippen LogP contribution in [0.25, 0.3) is 0 Å². The molecule has 0 radical (unpaired) electrons. The Hall–Kier alpha value is -3.34. The lowest BCUT2D eigenvalue weighted by molar-refractivity contribution is -0.118. The van der Waals surface area contributed by atoms with E-state index in [4.69, 9.17) is 4.42 Å². The lowest BCUT2D eigenvalue weighted by Crippen LogP contribution is -2.47. The van der Waals surface area contributed by atoms with E-state index in [1.54, 1.807) is 17.0 Å². The van der Waals surface area contributed by atoms with Crippen molar-refractivity contribution in [3.05, 3.63) is 84.3 Å². The zero-order valence-electron chi connectivity index (χ0n) is 16.6. The minimum absolute atomic E-state index is 0.0297. The largest absolute Gasteiger partial charge is 0.459 e. The molecular formula is C24H24N2O3. The van der Waals surface area contributed by atoms with E-state index in [1.165, 1.54) is 6.26 Å². The maximum atomic E-state index is 13.4. The number of carbonyl (C=O) groups excluding carboxylic acids is 2. The van der Waals surface area contributed by atoms with Crippen LogP contribution in [0.15, 0.2) is 77.4 Å². The highest BCUT2D eigenvalue weighted by molar-refractivity contribution is 6.05. The Morgan fingerprint density at radius 1 is 1.03 bits per heavy atom. The Kier molecular flexibility index (Phi) is 5.21. The quantitative estimate of drug-likeness (QED) is 0.617. The van der Waals surface area contributed by atoms with Gasteiger partial charge in [-0.15, -0.1) is 0 Å². The topological polar surface area (TPSA) is 53.8 Å². The first-order valence-electron chi connectivity index (χ1n) is 9.95. The molecule has 5 heteroatoms. The first-order valence-corrected chi connectivity index (χ1v) is 9.95. The van der Waals surface area contributed by atoms with Crippen LogP contribution in [0.3, 0.4) is 0 Å². The highest BCUT2D eigenvalue weighted by atomic mass is 16.3. The number of amides is 2. The number of benzene rings is 2. The van der Waals surface area contributed by atoms with Crippen LogP contribution in [0.2, 0.25) is 0 Å². The molecule has 2 heterocycles. The van der Waals surface area contributed by atoms with Crippen molar-refractivity contribution in [1.29, 1.82) is 0 Å². The van der Waals surface area contributed by atoms with Gasteiger partial charge in [-0.25, -0.2) is 0 Å². The van der Waals surface area contributed by atoms with E-state index >= 15 is 0 Å². The number of carbonyl (C=O) groups is 2. The maximum Gasteiger partial charge on any atom is 0.294 e. The minimum atomic E-state index is -0.206. The monoisotopic (exact) mass is 388 g/mol. The fourth-order valence-corrected chi connectivity index (χ4v) is 4.12. The average molecular weight is 388 g/mol. The highest BCUT2D eigenvalue weighted by Gasteiger charge is 2.38. The van der Waals surface area contributed by atoms with Crippen molar-refractivity contribution in [1.82, 2.24) is 0 Å². The lowest BCUT2D eigenvalue weighted by Gasteiger charge is -2.43. The van der Waals surface area contributed by atoms with Crippen molar-refractivity contribution in [2.45, 2.75) is 38.8 Å². The van der Waals surface area contributed by atoms with E-state index in [2.05, 4.69) is 0 Å². The molecule has 2 aromatic carbocycles. The molecule has 1 aliphatic heterocycles. The second-order valence-electron chi connectivity index (χ2n) is 7.26. The summed E-state index contributed by atoms with van der Waals surface area (Å²) in [6.07, 6.45) is 2.59. The summed E-state index contributed by atoms with van der Waals surface area (Å²) in [5.41, 5.74) is 2.64. The van der Waals surface area contributed by atoms with Crippen LogP contribution in [0.1, 0.15) is 48.8 Å². The second-order valence-corrected chi connectivity index (χ2v) is 7.26. The van der Waals surface area contributed by atoms with Gasteiger partial charge in [-0.1, -0.05) is 43.3 Å². The molecule has 0 spiro atoms. The number of hydrogen-bond donors (Lipinski definition) is 0. The molecule has 0 saturated heterocycles. The molecule has 3 aromatic rings. The first-order chi connectivity index (χ1) is 14.1. The Balaban J connectivity index is 1.84. The summed E-state index contributed by atoms with van der Waals surface area (Å²) in [5, 5.41) is 0. The molecule has 0 unspecified atom stereocenters. The molecule has 29 heavy (non-hydrogen) atoms. The number of furan rings is 1. The summed E-state index contributed by atoms with van der Waals surface area (Å²) in [7, 11) is 0. The first kappa shape index (κ1) is 19.0. The molecule has 0 N–H and O–H groups in total. The van der Waals surface area contributed by atoms with E-state index in [9.17, 15) is 9.59 Å². The van der Waals surface area contributed by atoms with Gasteiger partial charge in [0.2, 0.25) is 5.91 Å². The molecule has 2 amide bonds. The zero-order valence-corrected chi connectivity index (χ0v) is 16.6. The Labute approximate surface area is 170 Å².